The number of likely N-dealkylation sites (tertiary alicyclic amines) is 1. The Balaban J connectivity index is 1.84. The van der Waals surface area contributed by atoms with E-state index in [-0.39, 0.29) is 17.3 Å². The first-order valence-electron chi connectivity index (χ1n) is 8.84. The molecule has 1 aliphatic heterocycles. The molecular formula is C18H23N3O3S2. The minimum Gasteiger partial charge on any atom is -0.341 e. The largest absolute Gasteiger partial charge is 0.341 e. The zero-order valence-electron chi connectivity index (χ0n) is 14.6. The fraction of sp³-hybridized carbons (Fsp3) is 0.444. The van der Waals surface area contributed by atoms with Gasteiger partial charge in [0.05, 0.1) is 4.90 Å². The van der Waals surface area contributed by atoms with Gasteiger partial charge in [0, 0.05) is 24.7 Å². The molecule has 1 saturated heterocycles. The third kappa shape index (κ3) is 4.42. The molecule has 0 spiro atoms. The first-order chi connectivity index (χ1) is 12.6. The molecule has 0 unspecified atom stereocenters. The first-order valence-corrected chi connectivity index (χ1v) is 11.2. The van der Waals surface area contributed by atoms with Crippen LogP contribution in [0.15, 0.2) is 46.8 Å². The van der Waals surface area contributed by atoms with Crippen LogP contribution in [0.4, 0.5) is 5.13 Å². The lowest BCUT2D eigenvalue weighted by atomic mass is 10.1. The lowest BCUT2D eigenvalue weighted by Gasteiger charge is -2.28. The number of benzene rings is 1. The smallest absolute Gasteiger partial charge is 0.266 e. The van der Waals surface area contributed by atoms with Crippen LogP contribution in [0.5, 0.6) is 0 Å². The number of rotatable bonds is 5. The summed E-state index contributed by atoms with van der Waals surface area (Å²) in [7, 11) is -3.84. The summed E-state index contributed by atoms with van der Waals surface area (Å²) in [5, 5.41) is 2.03. The van der Waals surface area contributed by atoms with Crippen LogP contribution in [-0.2, 0) is 14.8 Å². The molecule has 0 aliphatic carbocycles. The molecule has 2 heterocycles. The Morgan fingerprint density at radius 1 is 1.08 bits per heavy atom. The molecule has 1 aromatic carbocycles. The van der Waals surface area contributed by atoms with Gasteiger partial charge in [0.2, 0.25) is 5.91 Å². The van der Waals surface area contributed by atoms with Gasteiger partial charge in [-0.1, -0.05) is 37.5 Å². The van der Waals surface area contributed by atoms with Gasteiger partial charge >= 0.3 is 0 Å². The van der Waals surface area contributed by atoms with Gasteiger partial charge in [-0.15, -0.1) is 11.3 Å². The highest BCUT2D eigenvalue weighted by atomic mass is 32.2. The fourth-order valence-corrected chi connectivity index (χ4v) is 5.29. The topological polar surface area (TPSA) is 70.6 Å². The van der Waals surface area contributed by atoms with E-state index < -0.39 is 10.0 Å². The fourth-order valence-electron chi connectivity index (χ4n) is 3.03. The molecule has 140 valence electrons. The zero-order valence-corrected chi connectivity index (χ0v) is 16.2. The number of aromatic nitrogens is 1. The Kier molecular flexibility index (Phi) is 6.26. The van der Waals surface area contributed by atoms with Crippen molar-refractivity contribution in [3.63, 3.8) is 0 Å². The van der Waals surface area contributed by atoms with E-state index in [0.717, 1.165) is 30.0 Å². The van der Waals surface area contributed by atoms with Gasteiger partial charge in [0.25, 0.3) is 10.0 Å². The number of anilines is 1. The maximum Gasteiger partial charge on any atom is 0.266 e. The van der Waals surface area contributed by atoms with Crippen molar-refractivity contribution in [2.24, 2.45) is 0 Å². The first kappa shape index (κ1) is 18.8. The van der Waals surface area contributed by atoms with Crippen LogP contribution in [0, 0.1) is 0 Å². The molecule has 0 radical (unpaired) electrons. The molecule has 1 fully saturated rings. The quantitative estimate of drug-likeness (QED) is 0.782. The summed E-state index contributed by atoms with van der Waals surface area (Å²) in [6.07, 6.45) is 6.91. The normalized spacial score (nSPS) is 15.9. The number of carbonyl (C=O) groups is 1. The lowest BCUT2D eigenvalue weighted by Crippen LogP contribution is -2.44. The highest BCUT2D eigenvalue weighted by Crippen LogP contribution is 2.25. The summed E-state index contributed by atoms with van der Waals surface area (Å²) in [4.78, 5) is 18.9. The standard InChI is InChI=1S/C18H23N3O3S2/c22-17(20-12-7-2-1-3-8-13-20)15-21(18-19-11-14-25-18)26(23,24)16-9-5-4-6-10-16/h4-6,9-11,14H,1-3,7-8,12-13,15H2. The van der Waals surface area contributed by atoms with Crippen molar-refractivity contribution < 1.29 is 13.2 Å². The van der Waals surface area contributed by atoms with Crippen molar-refractivity contribution in [3.8, 4) is 0 Å². The van der Waals surface area contributed by atoms with E-state index >= 15 is 0 Å². The van der Waals surface area contributed by atoms with Crippen molar-refractivity contribution >= 4 is 32.4 Å². The third-order valence-corrected chi connectivity index (χ3v) is 7.11. The Bertz CT molecular complexity index is 799. The van der Waals surface area contributed by atoms with Gasteiger partial charge in [0.1, 0.15) is 6.54 Å². The Morgan fingerprint density at radius 3 is 2.35 bits per heavy atom. The molecule has 0 N–H and O–H groups in total. The van der Waals surface area contributed by atoms with Crippen molar-refractivity contribution in [2.45, 2.75) is 37.0 Å². The van der Waals surface area contributed by atoms with Crippen molar-refractivity contribution in [1.82, 2.24) is 9.88 Å². The van der Waals surface area contributed by atoms with Crippen LogP contribution in [0.3, 0.4) is 0 Å². The minimum absolute atomic E-state index is 0.163. The molecule has 1 aromatic heterocycles. The molecule has 3 rings (SSSR count). The SMILES string of the molecule is O=C(CN(c1nccs1)S(=O)(=O)c1ccccc1)N1CCCCCCC1. The summed E-state index contributed by atoms with van der Waals surface area (Å²) in [5.74, 6) is -0.165. The Morgan fingerprint density at radius 2 is 1.73 bits per heavy atom. The van der Waals surface area contributed by atoms with E-state index in [0.29, 0.717) is 18.2 Å². The molecule has 26 heavy (non-hydrogen) atoms. The summed E-state index contributed by atoms with van der Waals surface area (Å²) < 4.78 is 27.3. The molecule has 6 nitrogen and oxygen atoms in total. The van der Waals surface area contributed by atoms with E-state index in [9.17, 15) is 13.2 Å². The second kappa shape index (κ2) is 8.64. The average Bonchev–Trinajstić information content (AvgIpc) is 3.14. The van der Waals surface area contributed by atoms with Gasteiger partial charge in [-0.25, -0.2) is 17.7 Å². The van der Waals surface area contributed by atoms with Crippen LogP contribution < -0.4 is 4.31 Å². The van der Waals surface area contributed by atoms with Gasteiger partial charge < -0.3 is 4.90 Å². The van der Waals surface area contributed by atoms with Gasteiger partial charge in [-0.05, 0) is 25.0 Å². The van der Waals surface area contributed by atoms with Crippen LogP contribution in [0.1, 0.15) is 32.1 Å². The molecule has 8 heteroatoms. The summed E-state index contributed by atoms with van der Waals surface area (Å²) in [5.41, 5.74) is 0. The van der Waals surface area contributed by atoms with Crippen molar-refractivity contribution in [1.29, 1.82) is 0 Å². The van der Waals surface area contributed by atoms with E-state index in [1.807, 2.05) is 0 Å². The molecule has 1 amide bonds. The molecule has 0 atom stereocenters. The average molecular weight is 394 g/mol. The van der Waals surface area contributed by atoms with Crippen LogP contribution >= 0.6 is 11.3 Å². The number of amides is 1. The summed E-state index contributed by atoms with van der Waals surface area (Å²) in [6.45, 7) is 1.16. The second-order valence-corrected chi connectivity index (χ2v) is 9.02. The predicted octanol–water partition coefficient (Wildman–Crippen LogP) is 3.13. The number of nitrogens with zero attached hydrogens (tertiary/aromatic N) is 3. The molecule has 1 aliphatic rings. The number of sulfonamides is 1. The van der Waals surface area contributed by atoms with Crippen LogP contribution in [0.25, 0.3) is 0 Å². The Hall–Kier alpha value is -1.93. The number of thiazole rings is 1. The summed E-state index contributed by atoms with van der Waals surface area (Å²) in [6, 6.07) is 8.19. The maximum absolute atomic E-state index is 13.1. The van der Waals surface area contributed by atoms with E-state index in [1.54, 1.807) is 34.7 Å². The van der Waals surface area contributed by atoms with Crippen molar-refractivity contribution in [3.05, 3.63) is 41.9 Å². The lowest BCUT2D eigenvalue weighted by molar-refractivity contribution is -0.129. The second-order valence-electron chi connectivity index (χ2n) is 6.29. The van der Waals surface area contributed by atoms with E-state index in [2.05, 4.69) is 4.98 Å². The minimum atomic E-state index is -3.84. The predicted molar refractivity (Wildman–Crippen MR) is 103 cm³/mol. The monoisotopic (exact) mass is 393 g/mol. The van der Waals surface area contributed by atoms with E-state index in [4.69, 9.17) is 0 Å². The highest BCUT2D eigenvalue weighted by Gasteiger charge is 2.30. The highest BCUT2D eigenvalue weighted by molar-refractivity contribution is 7.93. The Labute approximate surface area is 158 Å². The molecule has 0 saturated carbocycles. The van der Waals surface area contributed by atoms with Gasteiger partial charge in [-0.2, -0.15) is 0 Å². The van der Waals surface area contributed by atoms with Gasteiger partial charge in [-0.3, -0.25) is 4.79 Å². The summed E-state index contributed by atoms with van der Waals surface area (Å²) >= 11 is 1.21. The zero-order chi connectivity index (χ0) is 18.4. The van der Waals surface area contributed by atoms with Crippen LogP contribution in [-0.4, -0.2) is 43.8 Å². The van der Waals surface area contributed by atoms with E-state index in [1.165, 1.54) is 29.9 Å². The molecular weight excluding hydrogens is 370 g/mol. The number of hydrogen-bond donors (Lipinski definition) is 0. The third-order valence-electron chi connectivity index (χ3n) is 4.45. The van der Waals surface area contributed by atoms with Crippen LogP contribution in [0.2, 0.25) is 0 Å². The van der Waals surface area contributed by atoms with Crippen molar-refractivity contribution in [2.75, 3.05) is 23.9 Å². The van der Waals surface area contributed by atoms with Gasteiger partial charge in [0.15, 0.2) is 5.13 Å². The number of carbonyl (C=O) groups excluding carboxylic acids is 1. The maximum atomic E-state index is 13.1. The number of hydrogen-bond acceptors (Lipinski definition) is 5. The molecule has 0 bridgehead atoms. The molecule has 2 aromatic rings.